The van der Waals surface area contributed by atoms with E-state index in [2.05, 4.69) is 0 Å². The molecule has 0 saturated carbocycles. The van der Waals surface area contributed by atoms with Crippen LogP contribution in [0.5, 0.6) is 0 Å². The molecule has 2 N–H and O–H groups in total. The average Bonchev–Trinajstić information content (AvgIpc) is 2.47. The van der Waals surface area contributed by atoms with Crippen molar-refractivity contribution < 1.29 is 13.2 Å². The number of hydrogen-bond donors (Lipinski definition) is 1. The van der Waals surface area contributed by atoms with Gasteiger partial charge in [-0.2, -0.15) is 4.31 Å². The Kier molecular flexibility index (Phi) is 4.67. The van der Waals surface area contributed by atoms with Gasteiger partial charge in [0.05, 0.1) is 18.1 Å². The Hall–Kier alpha value is -1.11. The second kappa shape index (κ2) is 6.11. The Labute approximate surface area is 120 Å². The SMILES string of the molecule is CCc1cc(N)c(CC)c(S(=O)(=O)N2CCOCC2)c1. The summed E-state index contributed by atoms with van der Waals surface area (Å²) in [6, 6.07) is 3.64. The second-order valence-electron chi connectivity index (χ2n) is 4.89. The minimum atomic E-state index is -3.49. The first-order valence-corrected chi connectivity index (χ1v) is 8.43. The van der Waals surface area contributed by atoms with Crippen molar-refractivity contribution in [3.8, 4) is 0 Å². The number of benzene rings is 1. The monoisotopic (exact) mass is 298 g/mol. The summed E-state index contributed by atoms with van der Waals surface area (Å²) < 4.78 is 32.3. The molecule has 0 spiro atoms. The summed E-state index contributed by atoms with van der Waals surface area (Å²) in [5.74, 6) is 0. The summed E-state index contributed by atoms with van der Waals surface area (Å²) in [6.45, 7) is 5.62. The molecule has 0 amide bonds. The van der Waals surface area contributed by atoms with Gasteiger partial charge in [0.15, 0.2) is 0 Å². The van der Waals surface area contributed by atoms with E-state index in [0.717, 1.165) is 12.0 Å². The van der Waals surface area contributed by atoms with E-state index in [4.69, 9.17) is 10.5 Å². The topological polar surface area (TPSA) is 72.6 Å². The zero-order chi connectivity index (χ0) is 14.8. The van der Waals surface area contributed by atoms with Crippen molar-refractivity contribution in [1.29, 1.82) is 0 Å². The summed E-state index contributed by atoms with van der Waals surface area (Å²) in [5, 5.41) is 0. The third kappa shape index (κ3) is 2.82. The molecular weight excluding hydrogens is 276 g/mol. The van der Waals surface area contributed by atoms with Crippen molar-refractivity contribution in [3.63, 3.8) is 0 Å². The van der Waals surface area contributed by atoms with E-state index in [1.54, 1.807) is 6.07 Å². The van der Waals surface area contributed by atoms with Crippen molar-refractivity contribution in [3.05, 3.63) is 23.3 Å². The van der Waals surface area contributed by atoms with Crippen molar-refractivity contribution in [2.45, 2.75) is 31.6 Å². The van der Waals surface area contributed by atoms with E-state index < -0.39 is 10.0 Å². The molecule has 1 aliphatic rings. The lowest BCUT2D eigenvalue weighted by Crippen LogP contribution is -2.41. The van der Waals surface area contributed by atoms with Gasteiger partial charge >= 0.3 is 0 Å². The highest BCUT2D eigenvalue weighted by atomic mass is 32.2. The van der Waals surface area contributed by atoms with Crippen molar-refractivity contribution >= 4 is 15.7 Å². The van der Waals surface area contributed by atoms with E-state index in [-0.39, 0.29) is 0 Å². The molecule has 0 radical (unpaired) electrons. The first-order chi connectivity index (χ1) is 9.50. The lowest BCUT2D eigenvalue weighted by Gasteiger charge is -2.27. The average molecular weight is 298 g/mol. The maximum Gasteiger partial charge on any atom is 0.243 e. The van der Waals surface area contributed by atoms with Gasteiger partial charge in [-0.15, -0.1) is 0 Å². The van der Waals surface area contributed by atoms with Gasteiger partial charge in [-0.25, -0.2) is 8.42 Å². The number of nitrogens with two attached hydrogens (primary N) is 1. The Morgan fingerprint density at radius 1 is 1.20 bits per heavy atom. The largest absolute Gasteiger partial charge is 0.398 e. The molecule has 0 atom stereocenters. The van der Waals surface area contributed by atoms with Gasteiger partial charge in [0, 0.05) is 18.8 Å². The maximum atomic E-state index is 12.8. The fourth-order valence-corrected chi connectivity index (χ4v) is 4.25. The smallest absolute Gasteiger partial charge is 0.243 e. The molecule has 0 aliphatic carbocycles. The van der Waals surface area contributed by atoms with E-state index >= 15 is 0 Å². The predicted molar refractivity (Wildman–Crippen MR) is 79.2 cm³/mol. The first kappa shape index (κ1) is 15.3. The van der Waals surface area contributed by atoms with Crippen LogP contribution in [0.15, 0.2) is 17.0 Å². The molecule has 1 heterocycles. The molecular formula is C14H22N2O3S. The maximum absolute atomic E-state index is 12.8. The summed E-state index contributed by atoms with van der Waals surface area (Å²) in [7, 11) is -3.49. The van der Waals surface area contributed by atoms with E-state index in [0.29, 0.717) is 48.9 Å². The standard InChI is InChI=1S/C14H22N2O3S/c1-3-11-9-13(15)12(4-2)14(10-11)20(17,18)16-5-7-19-8-6-16/h9-10H,3-8,15H2,1-2H3. The lowest BCUT2D eigenvalue weighted by molar-refractivity contribution is 0.0730. The molecule has 6 heteroatoms. The van der Waals surface area contributed by atoms with E-state index in [1.807, 2.05) is 19.9 Å². The second-order valence-corrected chi connectivity index (χ2v) is 6.79. The zero-order valence-electron chi connectivity index (χ0n) is 12.1. The molecule has 1 saturated heterocycles. The van der Waals surface area contributed by atoms with Crippen LogP contribution in [0.4, 0.5) is 5.69 Å². The number of hydrogen-bond acceptors (Lipinski definition) is 4. The fourth-order valence-electron chi connectivity index (χ4n) is 2.46. The third-order valence-corrected chi connectivity index (χ3v) is 5.62. The summed E-state index contributed by atoms with van der Waals surface area (Å²) >= 11 is 0. The van der Waals surface area contributed by atoms with Crippen molar-refractivity contribution in [1.82, 2.24) is 4.31 Å². The van der Waals surface area contributed by atoms with Crippen LogP contribution >= 0.6 is 0 Å². The molecule has 0 unspecified atom stereocenters. The predicted octanol–water partition coefficient (Wildman–Crippen LogP) is 1.41. The molecule has 0 aromatic heterocycles. The molecule has 1 aromatic rings. The van der Waals surface area contributed by atoms with Gasteiger partial charge in [0.1, 0.15) is 0 Å². The van der Waals surface area contributed by atoms with Gasteiger partial charge in [0.2, 0.25) is 10.0 Å². The van der Waals surface area contributed by atoms with Crippen LogP contribution in [-0.4, -0.2) is 39.0 Å². The molecule has 0 bridgehead atoms. The molecule has 1 aromatic carbocycles. The number of ether oxygens (including phenoxy) is 1. The molecule has 5 nitrogen and oxygen atoms in total. The quantitative estimate of drug-likeness (QED) is 0.853. The molecule has 112 valence electrons. The first-order valence-electron chi connectivity index (χ1n) is 6.99. The number of anilines is 1. The third-order valence-electron chi connectivity index (χ3n) is 3.65. The Morgan fingerprint density at radius 3 is 2.40 bits per heavy atom. The number of rotatable bonds is 4. The summed E-state index contributed by atoms with van der Waals surface area (Å²) in [5.41, 5.74) is 8.26. The number of sulfonamides is 1. The lowest BCUT2D eigenvalue weighted by atomic mass is 10.1. The van der Waals surface area contributed by atoms with Gasteiger partial charge < -0.3 is 10.5 Å². The normalized spacial score (nSPS) is 17.3. The van der Waals surface area contributed by atoms with Crippen LogP contribution < -0.4 is 5.73 Å². The van der Waals surface area contributed by atoms with Crippen LogP contribution in [0.25, 0.3) is 0 Å². The highest BCUT2D eigenvalue weighted by Gasteiger charge is 2.29. The number of aryl methyl sites for hydroxylation is 1. The van der Waals surface area contributed by atoms with Crippen molar-refractivity contribution in [2.75, 3.05) is 32.0 Å². The summed E-state index contributed by atoms with van der Waals surface area (Å²) in [4.78, 5) is 0.360. The van der Waals surface area contributed by atoms with Crippen LogP contribution in [-0.2, 0) is 27.6 Å². The molecule has 1 aliphatic heterocycles. The van der Waals surface area contributed by atoms with Crippen molar-refractivity contribution in [2.24, 2.45) is 0 Å². The van der Waals surface area contributed by atoms with E-state index in [1.165, 1.54) is 4.31 Å². The molecule has 1 fully saturated rings. The minimum absolute atomic E-state index is 0.360. The van der Waals surface area contributed by atoms with Gasteiger partial charge in [-0.3, -0.25) is 0 Å². The van der Waals surface area contributed by atoms with Gasteiger partial charge in [-0.05, 0) is 36.1 Å². The number of nitrogens with zero attached hydrogens (tertiary/aromatic N) is 1. The van der Waals surface area contributed by atoms with Crippen LogP contribution in [0, 0.1) is 0 Å². The van der Waals surface area contributed by atoms with Gasteiger partial charge in [0.25, 0.3) is 0 Å². The Morgan fingerprint density at radius 2 is 1.85 bits per heavy atom. The summed E-state index contributed by atoms with van der Waals surface area (Å²) in [6.07, 6.45) is 1.37. The number of nitrogen functional groups attached to an aromatic ring is 1. The van der Waals surface area contributed by atoms with Crippen LogP contribution in [0.3, 0.4) is 0 Å². The van der Waals surface area contributed by atoms with Gasteiger partial charge in [-0.1, -0.05) is 13.8 Å². The minimum Gasteiger partial charge on any atom is -0.398 e. The van der Waals surface area contributed by atoms with E-state index in [9.17, 15) is 8.42 Å². The van der Waals surface area contributed by atoms with Crippen LogP contribution in [0.1, 0.15) is 25.0 Å². The van der Waals surface area contributed by atoms with Crippen LogP contribution in [0.2, 0.25) is 0 Å². The Bertz CT molecular complexity index is 578. The highest BCUT2D eigenvalue weighted by molar-refractivity contribution is 7.89. The Balaban J connectivity index is 2.51. The highest BCUT2D eigenvalue weighted by Crippen LogP contribution is 2.28. The fraction of sp³-hybridized carbons (Fsp3) is 0.571. The zero-order valence-corrected chi connectivity index (χ0v) is 12.9. The molecule has 20 heavy (non-hydrogen) atoms. The number of morpholine rings is 1. The molecule has 2 rings (SSSR count).